The molecule has 0 radical (unpaired) electrons. The molecule has 7 nitrogen and oxygen atoms in total. The lowest BCUT2D eigenvalue weighted by Crippen LogP contribution is -2.39. The Labute approximate surface area is 174 Å². The number of Topliss-reactive ketones (excluding diaryl/α,β-unsaturated/α-hetero) is 1. The molecule has 0 fully saturated rings. The minimum Gasteiger partial charge on any atom is -0.504 e. The zero-order chi connectivity index (χ0) is 21.4. The largest absolute Gasteiger partial charge is 0.504 e. The minimum absolute atomic E-state index is 0.0226. The van der Waals surface area contributed by atoms with E-state index in [0.29, 0.717) is 23.3 Å². The van der Waals surface area contributed by atoms with Gasteiger partial charge in [-0.05, 0) is 42.2 Å². The molecule has 0 saturated carbocycles. The summed E-state index contributed by atoms with van der Waals surface area (Å²) in [5, 5.41) is 17.1. The van der Waals surface area contributed by atoms with Crippen LogP contribution in [0.25, 0.3) is 0 Å². The standard InChI is InChI=1S/C23H24N2O5/c1-12-10-16-20(22(27)19(12)23(28)30-3)21(13-8-9-18(29-2)17(26)11-13)25-15-7-5-4-6-14(15)24-16/h4-9,11-12,19,21,24-26H,10H2,1-3H3/t12-,19+,21+/m0/s1. The maximum absolute atomic E-state index is 13.5. The Morgan fingerprint density at radius 2 is 1.87 bits per heavy atom. The predicted octanol–water partition coefficient (Wildman–Crippen LogP) is 3.63. The number of benzene rings is 2. The summed E-state index contributed by atoms with van der Waals surface area (Å²) in [7, 11) is 2.77. The molecule has 156 valence electrons. The fraction of sp³-hybridized carbons (Fsp3) is 0.304. The van der Waals surface area contributed by atoms with E-state index in [4.69, 9.17) is 9.47 Å². The fourth-order valence-corrected chi connectivity index (χ4v) is 4.27. The van der Waals surface area contributed by atoms with Gasteiger partial charge in [-0.2, -0.15) is 0 Å². The fourth-order valence-electron chi connectivity index (χ4n) is 4.27. The van der Waals surface area contributed by atoms with E-state index in [2.05, 4.69) is 10.6 Å². The highest BCUT2D eigenvalue weighted by Crippen LogP contribution is 2.44. The zero-order valence-corrected chi connectivity index (χ0v) is 17.1. The summed E-state index contributed by atoms with van der Waals surface area (Å²) >= 11 is 0. The number of ketones is 1. The van der Waals surface area contributed by atoms with E-state index in [-0.39, 0.29) is 17.5 Å². The molecule has 0 saturated heterocycles. The summed E-state index contributed by atoms with van der Waals surface area (Å²) in [6.45, 7) is 1.88. The van der Waals surface area contributed by atoms with Gasteiger partial charge in [-0.15, -0.1) is 0 Å². The normalized spacial score (nSPS) is 22.8. The number of hydrogen-bond donors (Lipinski definition) is 3. The number of rotatable bonds is 3. The summed E-state index contributed by atoms with van der Waals surface area (Å²) in [5.41, 5.74) is 3.60. The van der Waals surface area contributed by atoms with Crippen LogP contribution in [0.4, 0.5) is 11.4 Å². The lowest BCUT2D eigenvalue weighted by atomic mass is 9.75. The Hall–Kier alpha value is -3.48. The van der Waals surface area contributed by atoms with Crippen LogP contribution >= 0.6 is 0 Å². The van der Waals surface area contributed by atoms with Crippen molar-refractivity contribution in [1.29, 1.82) is 0 Å². The molecule has 0 spiro atoms. The molecule has 1 aliphatic carbocycles. The number of phenolic OH excluding ortho intramolecular Hbond substituents is 1. The van der Waals surface area contributed by atoms with Crippen molar-refractivity contribution >= 4 is 23.1 Å². The zero-order valence-electron chi connectivity index (χ0n) is 17.1. The van der Waals surface area contributed by atoms with E-state index in [1.807, 2.05) is 31.2 Å². The molecule has 2 aromatic carbocycles. The van der Waals surface area contributed by atoms with Crippen molar-refractivity contribution in [2.24, 2.45) is 11.8 Å². The Balaban J connectivity index is 1.87. The average Bonchev–Trinajstić information content (AvgIpc) is 2.90. The molecule has 1 aliphatic heterocycles. The summed E-state index contributed by atoms with van der Waals surface area (Å²) in [6, 6.07) is 12.2. The van der Waals surface area contributed by atoms with Gasteiger partial charge in [-0.1, -0.05) is 25.1 Å². The monoisotopic (exact) mass is 408 g/mol. The van der Waals surface area contributed by atoms with Gasteiger partial charge in [0.15, 0.2) is 17.3 Å². The van der Waals surface area contributed by atoms with Gasteiger partial charge in [0.1, 0.15) is 5.92 Å². The Morgan fingerprint density at radius 3 is 2.53 bits per heavy atom. The number of methoxy groups -OCH3 is 2. The van der Waals surface area contributed by atoms with Crippen LogP contribution in [0.5, 0.6) is 11.5 Å². The Kier molecular flexibility index (Phi) is 5.11. The molecule has 0 bridgehead atoms. The number of esters is 1. The summed E-state index contributed by atoms with van der Waals surface area (Å²) < 4.78 is 10.1. The van der Waals surface area contributed by atoms with Gasteiger partial charge in [-0.25, -0.2) is 0 Å². The van der Waals surface area contributed by atoms with Gasteiger partial charge >= 0.3 is 5.97 Å². The van der Waals surface area contributed by atoms with Gasteiger partial charge in [-0.3, -0.25) is 9.59 Å². The maximum Gasteiger partial charge on any atom is 0.316 e. The summed E-state index contributed by atoms with van der Waals surface area (Å²) in [4.78, 5) is 25.9. The quantitative estimate of drug-likeness (QED) is 0.527. The van der Waals surface area contributed by atoms with E-state index in [9.17, 15) is 14.7 Å². The number of carbonyl (C=O) groups is 2. The maximum atomic E-state index is 13.5. The number of aromatic hydroxyl groups is 1. The predicted molar refractivity (Wildman–Crippen MR) is 112 cm³/mol. The summed E-state index contributed by atoms with van der Waals surface area (Å²) in [6.07, 6.45) is 0.523. The molecule has 2 aliphatic rings. The van der Waals surface area contributed by atoms with E-state index in [1.165, 1.54) is 14.2 Å². The SMILES string of the molecule is COC(=O)[C@H]1C(=O)C2=C(C[C@@H]1C)Nc1ccccc1N[C@@H]2c1ccc(OC)c(O)c1. The highest BCUT2D eigenvalue weighted by atomic mass is 16.5. The molecule has 2 aromatic rings. The smallest absolute Gasteiger partial charge is 0.316 e. The van der Waals surface area contributed by atoms with Gasteiger partial charge in [0, 0.05) is 11.3 Å². The second kappa shape index (κ2) is 7.74. The van der Waals surface area contributed by atoms with Gasteiger partial charge < -0.3 is 25.2 Å². The molecule has 7 heteroatoms. The first-order chi connectivity index (χ1) is 14.4. The Morgan fingerprint density at radius 1 is 1.13 bits per heavy atom. The lowest BCUT2D eigenvalue weighted by Gasteiger charge is -2.32. The third kappa shape index (κ3) is 3.26. The highest BCUT2D eigenvalue weighted by Gasteiger charge is 2.44. The van der Waals surface area contributed by atoms with Crippen LogP contribution in [-0.2, 0) is 14.3 Å². The molecule has 1 heterocycles. The van der Waals surface area contributed by atoms with Crippen LogP contribution in [0, 0.1) is 11.8 Å². The molecule has 0 amide bonds. The van der Waals surface area contributed by atoms with Crippen LogP contribution in [0.3, 0.4) is 0 Å². The topological polar surface area (TPSA) is 96.9 Å². The second-order valence-electron chi connectivity index (χ2n) is 7.62. The molecule has 0 unspecified atom stereocenters. The molecule has 3 atom stereocenters. The molecule has 0 aromatic heterocycles. The Bertz CT molecular complexity index is 1050. The summed E-state index contributed by atoms with van der Waals surface area (Å²) in [5.74, 6) is -1.55. The van der Waals surface area contributed by atoms with Crippen LogP contribution < -0.4 is 15.4 Å². The second-order valence-corrected chi connectivity index (χ2v) is 7.62. The van der Waals surface area contributed by atoms with Crippen molar-refractivity contribution in [3.05, 3.63) is 59.3 Å². The first-order valence-corrected chi connectivity index (χ1v) is 9.79. The van der Waals surface area contributed by atoms with Gasteiger partial charge in [0.25, 0.3) is 0 Å². The van der Waals surface area contributed by atoms with E-state index in [1.54, 1.807) is 18.2 Å². The van der Waals surface area contributed by atoms with Crippen LogP contribution in [0.1, 0.15) is 24.9 Å². The van der Waals surface area contributed by atoms with Crippen LogP contribution in [-0.4, -0.2) is 31.1 Å². The number of fused-ring (bicyclic) bond motifs is 1. The number of allylic oxidation sites excluding steroid dienone is 1. The first-order valence-electron chi connectivity index (χ1n) is 9.79. The minimum atomic E-state index is -0.868. The van der Waals surface area contributed by atoms with Crippen molar-refractivity contribution in [2.75, 3.05) is 24.9 Å². The van der Waals surface area contributed by atoms with Crippen molar-refractivity contribution in [2.45, 2.75) is 19.4 Å². The number of ether oxygens (including phenoxy) is 2. The van der Waals surface area contributed by atoms with Gasteiger partial charge in [0.2, 0.25) is 0 Å². The van der Waals surface area contributed by atoms with Gasteiger partial charge in [0.05, 0.1) is 31.6 Å². The number of nitrogens with one attached hydrogen (secondary N) is 2. The first kappa shape index (κ1) is 19.8. The highest BCUT2D eigenvalue weighted by molar-refractivity contribution is 6.11. The van der Waals surface area contributed by atoms with Crippen LogP contribution in [0.15, 0.2) is 53.7 Å². The molecular weight excluding hydrogens is 384 g/mol. The number of para-hydroxylation sites is 2. The lowest BCUT2D eigenvalue weighted by molar-refractivity contribution is -0.151. The van der Waals surface area contributed by atoms with Crippen LogP contribution in [0.2, 0.25) is 0 Å². The van der Waals surface area contributed by atoms with Crippen molar-refractivity contribution in [3.63, 3.8) is 0 Å². The van der Waals surface area contributed by atoms with Crippen molar-refractivity contribution < 1.29 is 24.2 Å². The third-order valence-electron chi connectivity index (χ3n) is 5.76. The van der Waals surface area contributed by atoms with E-state index >= 15 is 0 Å². The van der Waals surface area contributed by atoms with Crippen molar-refractivity contribution in [1.82, 2.24) is 0 Å². The van der Waals surface area contributed by atoms with E-state index in [0.717, 1.165) is 17.1 Å². The third-order valence-corrected chi connectivity index (χ3v) is 5.76. The number of phenols is 1. The average molecular weight is 408 g/mol. The molecule has 30 heavy (non-hydrogen) atoms. The number of carbonyl (C=O) groups excluding carboxylic acids is 2. The number of anilines is 2. The molecule has 3 N–H and O–H groups in total. The van der Waals surface area contributed by atoms with E-state index < -0.39 is 17.9 Å². The number of hydrogen-bond acceptors (Lipinski definition) is 7. The molecule has 4 rings (SSSR count). The van der Waals surface area contributed by atoms with Crippen molar-refractivity contribution in [3.8, 4) is 11.5 Å². The molecular formula is C23H24N2O5.